The first-order chi connectivity index (χ1) is 10.2. The molecule has 0 aromatic heterocycles. The molecule has 1 aliphatic carbocycles. The summed E-state index contributed by atoms with van der Waals surface area (Å²) in [4.78, 5) is 2.57. The van der Waals surface area contributed by atoms with Crippen LogP contribution in [-0.2, 0) is 0 Å². The van der Waals surface area contributed by atoms with E-state index < -0.39 is 0 Å². The minimum atomic E-state index is -0.0385. The maximum atomic E-state index is 13.7. The van der Waals surface area contributed by atoms with E-state index in [0.29, 0.717) is 12.0 Å². The average molecular weight is 290 g/mol. The van der Waals surface area contributed by atoms with E-state index in [4.69, 9.17) is 0 Å². The molecule has 1 heterocycles. The predicted molar refractivity (Wildman–Crippen MR) is 85.0 cm³/mol. The van der Waals surface area contributed by atoms with Gasteiger partial charge in [0.2, 0.25) is 0 Å². The van der Waals surface area contributed by atoms with Gasteiger partial charge in [-0.15, -0.1) is 0 Å². The molecule has 3 heteroatoms. The van der Waals surface area contributed by atoms with Crippen molar-refractivity contribution in [2.75, 3.05) is 26.2 Å². The molecule has 0 radical (unpaired) electrons. The van der Waals surface area contributed by atoms with E-state index in [1.54, 1.807) is 12.1 Å². The van der Waals surface area contributed by atoms with Crippen LogP contribution in [0.15, 0.2) is 24.3 Å². The number of hydrogen-bond donors (Lipinski definition) is 1. The zero-order valence-electron chi connectivity index (χ0n) is 13.0. The van der Waals surface area contributed by atoms with Gasteiger partial charge in [0.15, 0.2) is 0 Å². The van der Waals surface area contributed by atoms with Crippen molar-refractivity contribution in [3.05, 3.63) is 35.6 Å². The van der Waals surface area contributed by atoms with Crippen LogP contribution in [0.1, 0.15) is 44.1 Å². The van der Waals surface area contributed by atoms with Crippen molar-refractivity contribution in [1.29, 1.82) is 0 Å². The standard InChI is InChI=1S/C18H27FN2/c1-14-6-9-21(10-7-14)11-8-20-16-12-15(13-16)17-4-2-3-5-18(17)19/h2-5,14-16,20H,6-13H2,1H3. The highest BCUT2D eigenvalue weighted by Gasteiger charge is 2.31. The Bertz CT molecular complexity index is 448. The first kappa shape index (κ1) is 15.0. The Balaban J connectivity index is 1.33. The van der Waals surface area contributed by atoms with Gasteiger partial charge in [0, 0.05) is 19.1 Å². The molecule has 0 atom stereocenters. The van der Waals surface area contributed by atoms with Gasteiger partial charge >= 0.3 is 0 Å². The molecule has 1 aromatic carbocycles. The second-order valence-corrected chi connectivity index (χ2v) is 6.87. The molecule has 1 aliphatic heterocycles. The Hall–Kier alpha value is -0.930. The Kier molecular flexibility index (Phi) is 4.91. The van der Waals surface area contributed by atoms with Crippen LogP contribution in [0.3, 0.4) is 0 Å². The number of hydrogen-bond acceptors (Lipinski definition) is 2. The van der Waals surface area contributed by atoms with Gasteiger partial charge in [-0.25, -0.2) is 4.39 Å². The van der Waals surface area contributed by atoms with Crippen molar-refractivity contribution in [3.8, 4) is 0 Å². The molecular weight excluding hydrogens is 263 g/mol. The fourth-order valence-electron chi connectivity index (χ4n) is 3.56. The molecule has 1 saturated carbocycles. The van der Waals surface area contributed by atoms with E-state index in [0.717, 1.165) is 37.4 Å². The molecule has 21 heavy (non-hydrogen) atoms. The van der Waals surface area contributed by atoms with E-state index in [-0.39, 0.29) is 5.82 Å². The Morgan fingerprint density at radius 2 is 1.90 bits per heavy atom. The molecule has 1 saturated heterocycles. The Labute approximate surface area is 127 Å². The summed E-state index contributed by atoms with van der Waals surface area (Å²) in [6, 6.07) is 7.81. The summed E-state index contributed by atoms with van der Waals surface area (Å²) < 4.78 is 13.7. The second-order valence-electron chi connectivity index (χ2n) is 6.87. The molecule has 1 aromatic rings. The highest BCUT2D eigenvalue weighted by Crippen LogP contribution is 2.37. The number of nitrogens with one attached hydrogen (secondary N) is 1. The number of benzene rings is 1. The maximum absolute atomic E-state index is 13.7. The fourth-order valence-corrected chi connectivity index (χ4v) is 3.56. The zero-order valence-corrected chi connectivity index (χ0v) is 13.0. The predicted octanol–water partition coefficient (Wildman–Crippen LogP) is 3.39. The van der Waals surface area contributed by atoms with Crippen LogP contribution in [0.4, 0.5) is 4.39 Å². The summed E-state index contributed by atoms with van der Waals surface area (Å²) in [6.45, 7) is 7.10. The highest BCUT2D eigenvalue weighted by molar-refractivity contribution is 5.24. The third kappa shape index (κ3) is 3.83. The molecule has 1 N–H and O–H groups in total. The number of piperidine rings is 1. The largest absolute Gasteiger partial charge is 0.313 e. The van der Waals surface area contributed by atoms with Crippen molar-refractivity contribution in [3.63, 3.8) is 0 Å². The van der Waals surface area contributed by atoms with Crippen LogP contribution in [-0.4, -0.2) is 37.1 Å². The number of nitrogens with zero attached hydrogens (tertiary/aromatic N) is 1. The van der Waals surface area contributed by atoms with Gasteiger partial charge in [-0.1, -0.05) is 25.1 Å². The lowest BCUT2D eigenvalue weighted by atomic mass is 9.75. The molecule has 2 aliphatic rings. The first-order valence-electron chi connectivity index (χ1n) is 8.42. The Morgan fingerprint density at radius 3 is 2.62 bits per heavy atom. The topological polar surface area (TPSA) is 15.3 Å². The average Bonchev–Trinajstić information content (AvgIpc) is 2.45. The second kappa shape index (κ2) is 6.89. The molecule has 116 valence electrons. The lowest BCUT2D eigenvalue weighted by Gasteiger charge is -2.37. The van der Waals surface area contributed by atoms with Gasteiger partial charge in [-0.05, 0) is 62.2 Å². The van der Waals surface area contributed by atoms with Gasteiger partial charge in [0.05, 0.1) is 0 Å². The SMILES string of the molecule is CC1CCN(CCNC2CC(c3ccccc3F)C2)CC1. The smallest absolute Gasteiger partial charge is 0.126 e. The molecular formula is C18H27FN2. The summed E-state index contributed by atoms with van der Waals surface area (Å²) in [5, 5.41) is 3.63. The van der Waals surface area contributed by atoms with Crippen LogP contribution in [0.2, 0.25) is 0 Å². The highest BCUT2D eigenvalue weighted by atomic mass is 19.1. The third-order valence-corrected chi connectivity index (χ3v) is 5.22. The van der Waals surface area contributed by atoms with Crippen LogP contribution in [0.25, 0.3) is 0 Å². The van der Waals surface area contributed by atoms with Gasteiger partial charge in [0.25, 0.3) is 0 Å². The fraction of sp³-hybridized carbons (Fsp3) is 0.667. The summed E-state index contributed by atoms with van der Waals surface area (Å²) in [7, 11) is 0. The van der Waals surface area contributed by atoms with E-state index in [1.807, 2.05) is 12.1 Å². The molecule has 0 unspecified atom stereocenters. The minimum Gasteiger partial charge on any atom is -0.313 e. The van der Waals surface area contributed by atoms with Crippen LogP contribution in [0, 0.1) is 11.7 Å². The van der Waals surface area contributed by atoms with E-state index >= 15 is 0 Å². The summed E-state index contributed by atoms with van der Waals surface area (Å²) in [6.07, 6.45) is 4.85. The van der Waals surface area contributed by atoms with Crippen LogP contribution >= 0.6 is 0 Å². The normalized spacial score (nSPS) is 27.5. The van der Waals surface area contributed by atoms with Crippen molar-refractivity contribution in [1.82, 2.24) is 10.2 Å². The lowest BCUT2D eigenvalue weighted by Crippen LogP contribution is -2.45. The van der Waals surface area contributed by atoms with Crippen molar-refractivity contribution < 1.29 is 4.39 Å². The van der Waals surface area contributed by atoms with Gasteiger partial charge in [0.1, 0.15) is 5.82 Å². The molecule has 0 bridgehead atoms. The molecule has 0 spiro atoms. The minimum absolute atomic E-state index is 0.0385. The summed E-state index contributed by atoms with van der Waals surface area (Å²) in [5.41, 5.74) is 0.903. The monoisotopic (exact) mass is 290 g/mol. The number of likely N-dealkylation sites (tertiary alicyclic amines) is 1. The van der Waals surface area contributed by atoms with Gasteiger partial charge in [-0.2, -0.15) is 0 Å². The summed E-state index contributed by atoms with van der Waals surface area (Å²) in [5.74, 6) is 1.28. The lowest BCUT2D eigenvalue weighted by molar-refractivity contribution is 0.184. The van der Waals surface area contributed by atoms with Crippen molar-refractivity contribution >= 4 is 0 Å². The molecule has 3 rings (SSSR count). The molecule has 2 fully saturated rings. The number of halogens is 1. The van der Waals surface area contributed by atoms with E-state index in [9.17, 15) is 4.39 Å². The maximum Gasteiger partial charge on any atom is 0.126 e. The van der Waals surface area contributed by atoms with Crippen LogP contribution < -0.4 is 5.32 Å². The number of rotatable bonds is 5. The van der Waals surface area contributed by atoms with Gasteiger partial charge < -0.3 is 10.2 Å². The van der Waals surface area contributed by atoms with E-state index in [2.05, 4.69) is 17.1 Å². The quantitative estimate of drug-likeness (QED) is 0.894. The molecule has 2 nitrogen and oxygen atoms in total. The summed E-state index contributed by atoms with van der Waals surface area (Å²) >= 11 is 0. The first-order valence-corrected chi connectivity index (χ1v) is 8.42. The van der Waals surface area contributed by atoms with Crippen molar-refractivity contribution in [2.24, 2.45) is 5.92 Å². The molecule has 0 amide bonds. The van der Waals surface area contributed by atoms with Crippen molar-refractivity contribution in [2.45, 2.75) is 44.6 Å². The zero-order chi connectivity index (χ0) is 14.7. The van der Waals surface area contributed by atoms with E-state index in [1.165, 1.54) is 25.9 Å². The third-order valence-electron chi connectivity index (χ3n) is 5.22. The van der Waals surface area contributed by atoms with Crippen LogP contribution in [0.5, 0.6) is 0 Å². The van der Waals surface area contributed by atoms with Gasteiger partial charge in [-0.3, -0.25) is 0 Å². The Morgan fingerprint density at radius 1 is 1.19 bits per heavy atom.